The maximum absolute atomic E-state index is 9.00. The van der Waals surface area contributed by atoms with Crippen LogP contribution in [0.15, 0.2) is 23.5 Å². The maximum Gasteiger partial charge on any atom is 0.0754 e. The summed E-state index contributed by atoms with van der Waals surface area (Å²) in [6.45, 7) is 11.7. The summed E-state index contributed by atoms with van der Waals surface area (Å²) in [5.41, 5.74) is 3.74. The summed E-state index contributed by atoms with van der Waals surface area (Å²) in [5.74, 6) is 1.19. The standard InChI is InChI=1S/C14H22O/c1-9-10(2)14(5)11(3)13(9,4)8-12(14)6-7-15/h6-7,11-12,15H,8H2,1-5H3/b7-6+. The molecule has 4 unspecified atom stereocenters. The van der Waals surface area contributed by atoms with Crippen molar-refractivity contribution in [3.05, 3.63) is 23.5 Å². The van der Waals surface area contributed by atoms with Crippen molar-refractivity contribution in [1.82, 2.24) is 0 Å². The first-order chi connectivity index (χ1) is 6.89. The second-order valence-corrected chi connectivity index (χ2v) is 5.82. The highest BCUT2D eigenvalue weighted by Crippen LogP contribution is 2.69. The third-order valence-corrected chi connectivity index (χ3v) is 5.81. The number of aliphatic hydroxyl groups excluding tert-OH is 1. The molecule has 4 atom stereocenters. The van der Waals surface area contributed by atoms with Gasteiger partial charge in [0.25, 0.3) is 0 Å². The Labute approximate surface area is 92.9 Å². The Balaban J connectivity index is 2.54. The highest BCUT2D eigenvalue weighted by atomic mass is 16.2. The predicted molar refractivity (Wildman–Crippen MR) is 63.6 cm³/mol. The van der Waals surface area contributed by atoms with Gasteiger partial charge in [0.15, 0.2) is 0 Å². The highest BCUT2D eigenvalue weighted by molar-refractivity contribution is 5.40. The van der Waals surface area contributed by atoms with Gasteiger partial charge in [-0.25, -0.2) is 0 Å². The summed E-state index contributed by atoms with van der Waals surface area (Å²) >= 11 is 0. The quantitative estimate of drug-likeness (QED) is 0.506. The molecule has 0 amide bonds. The molecule has 0 spiro atoms. The Morgan fingerprint density at radius 3 is 2.27 bits per heavy atom. The van der Waals surface area contributed by atoms with Crippen molar-refractivity contribution in [3.8, 4) is 0 Å². The van der Waals surface area contributed by atoms with Crippen LogP contribution in [0, 0.1) is 22.7 Å². The Morgan fingerprint density at radius 1 is 1.27 bits per heavy atom. The molecule has 0 aromatic carbocycles. The van der Waals surface area contributed by atoms with E-state index in [0.717, 1.165) is 0 Å². The molecular formula is C14H22O. The van der Waals surface area contributed by atoms with Crippen molar-refractivity contribution in [2.24, 2.45) is 22.7 Å². The monoisotopic (exact) mass is 206 g/mol. The molecule has 1 N–H and O–H groups in total. The summed E-state index contributed by atoms with van der Waals surface area (Å²) in [7, 11) is 0. The Hall–Kier alpha value is -0.720. The van der Waals surface area contributed by atoms with Crippen LogP contribution in [0.5, 0.6) is 0 Å². The van der Waals surface area contributed by atoms with Crippen LogP contribution >= 0.6 is 0 Å². The Bertz CT molecular complexity index is 352. The summed E-state index contributed by atoms with van der Waals surface area (Å²) in [6.07, 6.45) is 4.40. The highest BCUT2D eigenvalue weighted by Gasteiger charge is 2.61. The molecule has 0 aromatic rings. The van der Waals surface area contributed by atoms with E-state index in [0.29, 0.717) is 17.3 Å². The van der Waals surface area contributed by atoms with Gasteiger partial charge < -0.3 is 5.11 Å². The molecular weight excluding hydrogens is 184 g/mol. The smallest absolute Gasteiger partial charge is 0.0754 e. The molecule has 84 valence electrons. The van der Waals surface area contributed by atoms with E-state index in [1.165, 1.54) is 12.7 Å². The second kappa shape index (κ2) is 2.90. The van der Waals surface area contributed by atoms with Crippen LogP contribution in [0.1, 0.15) is 41.0 Å². The van der Waals surface area contributed by atoms with E-state index < -0.39 is 0 Å². The molecule has 2 aliphatic carbocycles. The lowest BCUT2D eigenvalue weighted by atomic mass is 9.70. The molecule has 0 saturated heterocycles. The third-order valence-electron chi connectivity index (χ3n) is 5.81. The van der Waals surface area contributed by atoms with Crippen molar-refractivity contribution in [3.63, 3.8) is 0 Å². The minimum Gasteiger partial charge on any atom is -0.516 e. The van der Waals surface area contributed by atoms with Crippen LogP contribution < -0.4 is 0 Å². The van der Waals surface area contributed by atoms with Gasteiger partial charge in [0, 0.05) is 0 Å². The number of allylic oxidation sites excluding steroid dienone is 3. The predicted octanol–water partition coefficient (Wildman–Crippen LogP) is 4.08. The third kappa shape index (κ3) is 0.992. The van der Waals surface area contributed by atoms with Crippen molar-refractivity contribution in [2.45, 2.75) is 41.0 Å². The molecule has 2 rings (SSSR count). The Morgan fingerprint density at radius 2 is 1.87 bits per heavy atom. The lowest BCUT2D eigenvalue weighted by Crippen LogP contribution is -2.26. The van der Waals surface area contributed by atoms with E-state index in [1.54, 1.807) is 11.1 Å². The van der Waals surface area contributed by atoms with E-state index in [2.05, 4.69) is 34.6 Å². The van der Waals surface area contributed by atoms with Gasteiger partial charge in [0.05, 0.1) is 6.26 Å². The minimum absolute atomic E-state index is 0.262. The van der Waals surface area contributed by atoms with Gasteiger partial charge in [0.2, 0.25) is 0 Å². The first kappa shape index (κ1) is 10.8. The zero-order valence-electron chi connectivity index (χ0n) is 10.5. The number of aliphatic hydroxyl groups is 1. The van der Waals surface area contributed by atoms with Crippen LogP contribution in [0.2, 0.25) is 0 Å². The van der Waals surface area contributed by atoms with E-state index in [9.17, 15) is 0 Å². The normalized spacial score (nSPS) is 49.7. The Kier molecular flexibility index (Phi) is 2.09. The number of hydrogen-bond donors (Lipinski definition) is 1. The SMILES string of the molecule is CC1=C(C)C2(C)C(/C=C/O)CC1(C)C2C. The molecule has 2 bridgehead atoms. The van der Waals surface area contributed by atoms with Gasteiger partial charge in [-0.1, -0.05) is 31.9 Å². The second-order valence-electron chi connectivity index (χ2n) is 5.82. The van der Waals surface area contributed by atoms with Crippen molar-refractivity contribution in [2.75, 3.05) is 0 Å². The van der Waals surface area contributed by atoms with E-state index >= 15 is 0 Å². The van der Waals surface area contributed by atoms with E-state index in [-0.39, 0.29) is 5.41 Å². The fourth-order valence-corrected chi connectivity index (χ4v) is 4.11. The molecule has 1 nitrogen and oxygen atoms in total. The summed E-state index contributed by atoms with van der Waals surface area (Å²) < 4.78 is 0. The maximum atomic E-state index is 9.00. The zero-order chi connectivity index (χ0) is 11.4. The lowest BCUT2D eigenvalue weighted by Gasteiger charge is -2.33. The number of fused-ring (bicyclic) bond motifs is 2. The van der Waals surface area contributed by atoms with Gasteiger partial charge >= 0.3 is 0 Å². The average Bonchev–Trinajstić information content (AvgIpc) is 2.46. The lowest BCUT2D eigenvalue weighted by molar-refractivity contribution is 0.234. The van der Waals surface area contributed by atoms with Gasteiger partial charge in [0.1, 0.15) is 0 Å². The van der Waals surface area contributed by atoms with Gasteiger partial charge in [-0.2, -0.15) is 0 Å². The fraction of sp³-hybridized carbons (Fsp3) is 0.714. The van der Waals surface area contributed by atoms with Gasteiger partial charge in [-0.3, -0.25) is 0 Å². The molecule has 1 heteroatoms. The number of hydrogen-bond acceptors (Lipinski definition) is 1. The summed E-state index contributed by atoms with van der Waals surface area (Å²) in [5, 5.41) is 9.00. The molecule has 0 heterocycles. The minimum atomic E-state index is 0.262. The molecule has 1 saturated carbocycles. The summed E-state index contributed by atoms with van der Waals surface area (Å²) in [4.78, 5) is 0. The topological polar surface area (TPSA) is 20.2 Å². The summed E-state index contributed by atoms with van der Waals surface area (Å²) in [6, 6.07) is 0. The van der Waals surface area contributed by atoms with Gasteiger partial charge in [-0.05, 0) is 49.0 Å². The van der Waals surface area contributed by atoms with Crippen LogP contribution in [0.4, 0.5) is 0 Å². The molecule has 15 heavy (non-hydrogen) atoms. The molecule has 0 radical (unpaired) electrons. The molecule has 2 aliphatic rings. The fourth-order valence-electron chi connectivity index (χ4n) is 4.11. The van der Waals surface area contributed by atoms with Crippen LogP contribution in [0.3, 0.4) is 0 Å². The molecule has 0 aliphatic heterocycles. The number of rotatable bonds is 1. The zero-order valence-corrected chi connectivity index (χ0v) is 10.5. The molecule has 1 fully saturated rings. The van der Waals surface area contributed by atoms with Crippen molar-refractivity contribution >= 4 is 0 Å². The van der Waals surface area contributed by atoms with Crippen LogP contribution in [-0.2, 0) is 0 Å². The first-order valence-corrected chi connectivity index (χ1v) is 5.88. The average molecular weight is 206 g/mol. The van der Waals surface area contributed by atoms with Crippen molar-refractivity contribution in [1.29, 1.82) is 0 Å². The molecule has 0 aromatic heterocycles. The first-order valence-electron chi connectivity index (χ1n) is 5.88. The van der Waals surface area contributed by atoms with Crippen LogP contribution in [-0.4, -0.2) is 5.11 Å². The van der Waals surface area contributed by atoms with Gasteiger partial charge in [-0.15, -0.1) is 0 Å². The van der Waals surface area contributed by atoms with E-state index in [1.807, 2.05) is 6.08 Å². The van der Waals surface area contributed by atoms with E-state index in [4.69, 9.17) is 5.11 Å². The van der Waals surface area contributed by atoms with Crippen LogP contribution in [0.25, 0.3) is 0 Å². The largest absolute Gasteiger partial charge is 0.516 e. The van der Waals surface area contributed by atoms with Crippen molar-refractivity contribution < 1.29 is 5.11 Å².